The molecule has 18 heavy (non-hydrogen) atoms. The average molecular weight is 271 g/mol. The molecule has 0 aliphatic heterocycles. The molecule has 1 heterocycles. The Kier molecular flexibility index (Phi) is 6.86. The molecule has 1 rings (SSSR count). The number of rotatable bonds is 9. The van der Waals surface area contributed by atoms with E-state index < -0.39 is 6.10 Å². The predicted octanol–water partition coefficient (Wildman–Crippen LogP) is 2.79. The Morgan fingerprint density at radius 2 is 2.28 bits per heavy atom. The Bertz CT molecular complexity index is 312. The van der Waals surface area contributed by atoms with Crippen molar-refractivity contribution in [3.05, 3.63) is 22.4 Å². The number of ether oxygens (including phenoxy) is 1. The van der Waals surface area contributed by atoms with E-state index in [1.165, 1.54) is 4.88 Å². The molecule has 3 nitrogen and oxygen atoms in total. The zero-order chi connectivity index (χ0) is 13.4. The van der Waals surface area contributed by atoms with Crippen molar-refractivity contribution in [3.8, 4) is 0 Å². The first-order valence-corrected chi connectivity index (χ1v) is 7.44. The van der Waals surface area contributed by atoms with Gasteiger partial charge in [-0.2, -0.15) is 0 Å². The lowest BCUT2D eigenvalue weighted by Crippen LogP contribution is -2.44. The van der Waals surface area contributed by atoms with E-state index in [4.69, 9.17) is 4.74 Å². The van der Waals surface area contributed by atoms with Crippen LogP contribution in [0.25, 0.3) is 0 Å². The number of hydrogen-bond acceptors (Lipinski definition) is 4. The van der Waals surface area contributed by atoms with Crippen LogP contribution in [0.1, 0.15) is 38.5 Å². The van der Waals surface area contributed by atoms with Crippen LogP contribution in [0.3, 0.4) is 0 Å². The summed E-state index contributed by atoms with van der Waals surface area (Å²) in [6, 6.07) is 4.05. The van der Waals surface area contributed by atoms with E-state index in [2.05, 4.69) is 26.1 Å². The van der Waals surface area contributed by atoms with Crippen LogP contribution in [0, 0.1) is 0 Å². The van der Waals surface area contributed by atoms with E-state index in [0.29, 0.717) is 19.8 Å². The van der Waals surface area contributed by atoms with Crippen molar-refractivity contribution in [2.24, 2.45) is 0 Å². The molecule has 2 N–H and O–H groups in total. The van der Waals surface area contributed by atoms with Crippen molar-refractivity contribution in [2.45, 2.75) is 51.9 Å². The average Bonchev–Trinajstić information content (AvgIpc) is 2.79. The summed E-state index contributed by atoms with van der Waals surface area (Å²) in [7, 11) is 0. The first kappa shape index (κ1) is 15.6. The maximum atomic E-state index is 9.83. The van der Waals surface area contributed by atoms with E-state index in [1.54, 1.807) is 11.3 Å². The second kappa shape index (κ2) is 7.89. The van der Waals surface area contributed by atoms with E-state index in [9.17, 15) is 5.11 Å². The summed E-state index contributed by atoms with van der Waals surface area (Å²) in [5.41, 5.74) is 0.0868. The van der Waals surface area contributed by atoms with Gasteiger partial charge in [0, 0.05) is 17.0 Å². The molecule has 0 amide bonds. The van der Waals surface area contributed by atoms with Gasteiger partial charge in [-0.05, 0) is 31.7 Å². The number of aliphatic hydroxyl groups excluding tert-OH is 1. The lowest BCUT2D eigenvalue weighted by Gasteiger charge is -2.27. The number of aliphatic hydroxyl groups is 1. The van der Waals surface area contributed by atoms with Crippen LogP contribution in [0.2, 0.25) is 0 Å². The molecule has 1 aromatic heterocycles. The highest BCUT2D eigenvalue weighted by molar-refractivity contribution is 7.09. The van der Waals surface area contributed by atoms with Gasteiger partial charge in [0.05, 0.1) is 19.3 Å². The molecule has 0 fully saturated rings. The third kappa shape index (κ3) is 6.50. The molecule has 1 aromatic rings. The Morgan fingerprint density at radius 3 is 2.89 bits per heavy atom. The molecule has 0 aliphatic rings. The van der Waals surface area contributed by atoms with Crippen molar-refractivity contribution in [3.63, 3.8) is 0 Å². The summed E-state index contributed by atoms with van der Waals surface area (Å²) in [6.07, 6.45) is 1.81. The van der Waals surface area contributed by atoms with Crippen molar-refractivity contribution >= 4 is 11.3 Å². The lowest BCUT2D eigenvalue weighted by molar-refractivity contribution is 0.0264. The van der Waals surface area contributed by atoms with Gasteiger partial charge in [-0.3, -0.25) is 0 Å². The molecular weight excluding hydrogens is 246 g/mol. The maximum absolute atomic E-state index is 9.83. The van der Waals surface area contributed by atoms with Crippen molar-refractivity contribution in [1.82, 2.24) is 5.32 Å². The van der Waals surface area contributed by atoms with Gasteiger partial charge in [-0.15, -0.1) is 11.3 Å². The summed E-state index contributed by atoms with van der Waals surface area (Å²) >= 11 is 1.68. The van der Waals surface area contributed by atoms with Gasteiger partial charge in [0.2, 0.25) is 0 Å². The van der Waals surface area contributed by atoms with Gasteiger partial charge in [0.15, 0.2) is 0 Å². The fourth-order valence-electron chi connectivity index (χ4n) is 1.86. The van der Waals surface area contributed by atoms with E-state index in [-0.39, 0.29) is 5.54 Å². The molecule has 0 aromatic carbocycles. The first-order valence-electron chi connectivity index (χ1n) is 6.56. The molecule has 1 atom stereocenters. The minimum Gasteiger partial charge on any atom is -0.389 e. The van der Waals surface area contributed by atoms with E-state index >= 15 is 0 Å². The second-order valence-corrected chi connectivity index (χ2v) is 6.30. The molecule has 0 aliphatic carbocycles. The standard InChI is InChI=1S/C14H25NO2S/c1-4-7-14(2,3)15-9-12(16)10-17-11-13-6-5-8-18-13/h5-6,8,12,15-16H,4,7,9-11H2,1-3H3. The highest BCUT2D eigenvalue weighted by Crippen LogP contribution is 2.11. The molecule has 0 bridgehead atoms. The topological polar surface area (TPSA) is 41.5 Å². The maximum Gasteiger partial charge on any atom is 0.0898 e. The highest BCUT2D eigenvalue weighted by atomic mass is 32.1. The molecule has 1 unspecified atom stereocenters. The van der Waals surface area contributed by atoms with Gasteiger partial charge in [-0.25, -0.2) is 0 Å². The quantitative estimate of drug-likeness (QED) is 0.725. The van der Waals surface area contributed by atoms with Crippen molar-refractivity contribution < 1.29 is 9.84 Å². The molecule has 0 saturated carbocycles. The van der Waals surface area contributed by atoms with Crippen molar-refractivity contribution in [1.29, 1.82) is 0 Å². The van der Waals surface area contributed by atoms with Crippen LogP contribution < -0.4 is 5.32 Å². The second-order valence-electron chi connectivity index (χ2n) is 5.26. The number of nitrogens with one attached hydrogen (secondary N) is 1. The summed E-state index contributed by atoms with van der Waals surface area (Å²) in [5.74, 6) is 0. The SMILES string of the molecule is CCCC(C)(C)NCC(O)COCc1cccs1. The Labute approximate surface area is 114 Å². The Morgan fingerprint density at radius 1 is 1.50 bits per heavy atom. The van der Waals surface area contributed by atoms with Crippen LogP contribution in [-0.4, -0.2) is 29.9 Å². The van der Waals surface area contributed by atoms with Gasteiger partial charge in [-0.1, -0.05) is 19.4 Å². The van der Waals surface area contributed by atoms with Crippen LogP contribution in [-0.2, 0) is 11.3 Å². The van der Waals surface area contributed by atoms with Crippen LogP contribution in [0.15, 0.2) is 17.5 Å². The van der Waals surface area contributed by atoms with Crippen LogP contribution in [0.5, 0.6) is 0 Å². The summed E-state index contributed by atoms with van der Waals surface area (Å²) in [5, 5.41) is 15.2. The van der Waals surface area contributed by atoms with Crippen LogP contribution >= 0.6 is 11.3 Å². The normalized spacial score (nSPS) is 13.8. The Balaban J connectivity index is 2.12. The Hall–Kier alpha value is -0.420. The molecule has 104 valence electrons. The molecular formula is C14H25NO2S. The molecule has 0 spiro atoms. The van der Waals surface area contributed by atoms with Crippen LogP contribution in [0.4, 0.5) is 0 Å². The summed E-state index contributed by atoms with van der Waals surface area (Å²) < 4.78 is 5.49. The fourth-order valence-corrected chi connectivity index (χ4v) is 2.50. The minimum atomic E-state index is -0.443. The largest absolute Gasteiger partial charge is 0.389 e. The van der Waals surface area contributed by atoms with Crippen molar-refractivity contribution in [2.75, 3.05) is 13.2 Å². The zero-order valence-electron chi connectivity index (χ0n) is 11.6. The molecule has 0 radical (unpaired) electrons. The van der Waals surface area contributed by atoms with Gasteiger partial charge < -0.3 is 15.2 Å². The smallest absolute Gasteiger partial charge is 0.0898 e. The number of thiophene rings is 1. The first-order chi connectivity index (χ1) is 8.53. The summed E-state index contributed by atoms with van der Waals surface area (Å²) in [6.45, 7) is 8.05. The third-order valence-electron chi connectivity index (χ3n) is 2.83. The fraction of sp³-hybridized carbons (Fsp3) is 0.714. The number of hydrogen-bond donors (Lipinski definition) is 2. The van der Waals surface area contributed by atoms with E-state index in [0.717, 1.165) is 12.8 Å². The highest BCUT2D eigenvalue weighted by Gasteiger charge is 2.17. The van der Waals surface area contributed by atoms with Gasteiger partial charge in [0.25, 0.3) is 0 Å². The number of β-amino-alcohol motifs (C(OH)–C–C–N with tert-alkyl or cyclic N) is 1. The zero-order valence-corrected chi connectivity index (χ0v) is 12.4. The van der Waals surface area contributed by atoms with Gasteiger partial charge in [0.1, 0.15) is 0 Å². The summed E-state index contributed by atoms with van der Waals surface area (Å²) in [4.78, 5) is 1.20. The minimum absolute atomic E-state index is 0.0868. The predicted molar refractivity (Wildman–Crippen MR) is 77.0 cm³/mol. The van der Waals surface area contributed by atoms with E-state index in [1.807, 2.05) is 17.5 Å². The molecule has 4 heteroatoms. The monoisotopic (exact) mass is 271 g/mol. The third-order valence-corrected chi connectivity index (χ3v) is 3.68. The molecule has 0 saturated heterocycles. The lowest BCUT2D eigenvalue weighted by atomic mass is 9.99. The van der Waals surface area contributed by atoms with Gasteiger partial charge >= 0.3 is 0 Å².